The van der Waals surface area contributed by atoms with Crippen LogP contribution in [0.3, 0.4) is 0 Å². The van der Waals surface area contributed by atoms with E-state index in [4.69, 9.17) is 0 Å². The third kappa shape index (κ3) is 3.64. The number of hydrogen-bond acceptors (Lipinski definition) is 5. The second-order valence-electron chi connectivity index (χ2n) is 8.44. The molecule has 1 saturated carbocycles. The van der Waals surface area contributed by atoms with Crippen molar-refractivity contribution in [3.63, 3.8) is 0 Å². The Bertz CT molecular complexity index is 705. The smallest absolute Gasteiger partial charge is 0.248 e. The Kier molecular flexibility index (Phi) is 5.62. The molecule has 4 rings (SSSR count). The van der Waals surface area contributed by atoms with Crippen molar-refractivity contribution >= 4 is 11.8 Å². The van der Waals surface area contributed by atoms with Gasteiger partial charge in [0.1, 0.15) is 5.54 Å². The van der Waals surface area contributed by atoms with Crippen molar-refractivity contribution in [3.05, 3.63) is 24.3 Å². The molecule has 2 saturated heterocycles. The zero-order chi connectivity index (χ0) is 19.6. The predicted molar refractivity (Wildman–Crippen MR) is 103 cm³/mol. The van der Waals surface area contributed by atoms with Gasteiger partial charge in [0.2, 0.25) is 11.8 Å². The van der Waals surface area contributed by atoms with Crippen LogP contribution in [0, 0.1) is 0 Å². The molecule has 2 aliphatic heterocycles. The fourth-order valence-corrected chi connectivity index (χ4v) is 5.29. The number of aryl methyl sites for hydroxylation is 1. The van der Waals surface area contributed by atoms with E-state index in [1.54, 1.807) is 18.6 Å². The van der Waals surface area contributed by atoms with Crippen LogP contribution in [0.4, 0.5) is 0 Å². The Hall–Kier alpha value is -2.02. The first-order valence-corrected chi connectivity index (χ1v) is 10.6. The summed E-state index contributed by atoms with van der Waals surface area (Å²) in [5.74, 6) is 0.197. The summed E-state index contributed by atoms with van der Waals surface area (Å²) >= 11 is 0. The Morgan fingerprint density at radius 1 is 1.14 bits per heavy atom. The minimum Gasteiger partial charge on any atom is -0.393 e. The number of carbonyl (C=O) groups is 2. The lowest BCUT2D eigenvalue weighted by atomic mass is 9.82. The lowest BCUT2D eigenvalue weighted by Crippen LogP contribution is -2.63. The van der Waals surface area contributed by atoms with Crippen molar-refractivity contribution in [1.82, 2.24) is 19.8 Å². The van der Waals surface area contributed by atoms with Crippen LogP contribution in [0.5, 0.6) is 0 Å². The molecule has 0 radical (unpaired) electrons. The molecule has 7 heteroatoms. The van der Waals surface area contributed by atoms with Crippen LogP contribution in [-0.4, -0.2) is 67.5 Å². The minimum atomic E-state index is -0.645. The number of aliphatic hydroxyl groups excluding tert-OH is 1. The van der Waals surface area contributed by atoms with E-state index in [1.807, 2.05) is 9.80 Å². The summed E-state index contributed by atoms with van der Waals surface area (Å²) in [6, 6.07) is 0.213. The van der Waals surface area contributed by atoms with E-state index < -0.39 is 5.54 Å². The van der Waals surface area contributed by atoms with E-state index in [0.717, 1.165) is 63.6 Å². The summed E-state index contributed by atoms with van der Waals surface area (Å²) < 4.78 is 0. The summed E-state index contributed by atoms with van der Waals surface area (Å²) in [6.45, 7) is 1.45. The molecule has 1 spiro atoms. The molecule has 1 aromatic rings. The first-order chi connectivity index (χ1) is 13.6. The molecule has 152 valence electrons. The Labute approximate surface area is 166 Å². The highest BCUT2D eigenvalue weighted by atomic mass is 16.3. The number of likely N-dealkylation sites (tertiary alicyclic amines) is 2. The average molecular weight is 386 g/mol. The van der Waals surface area contributed by atoms with E-state index in [1.165, 1.54) is 0 Å². The number of amides is 2. The lowest BCUT2D eigenvalue weighted by molar-refractivity contribution is -0.158. The molecule has 3 aliphatic rings. The van der Waals surface area contributed by atoms with Gasteiger partial charge < -0.3 is 14.9 Å². The number of piperidine rings is 1. The molecule has 0 aromatic carbocycles. The number of nitrogens with zero attached hydrogens (tertiary/aromatic N) is 4. The highest BCUT2D eigenvalue weighted by Crippen LogP contribution is 2.40. The second kappa shape index (κ2) is 8.15. The van der Waals surface area contributed by atoms with Crippen LogP contribution >= 0.6 is 0 Å². The summed E-state index contributed by atoms with van der Waals surface area (Å²) in [4.78, 5) is 38.8. The van der Waals surface area contributed by atoms with Crippen LogP contribution < -0.4 is 0 Å². The van der Waals surface area contributed by atoms with Crippen molar-refractivity contribution in [2.24, 2.45) is 0 Å². The maximum atomic E-state index is 13.6. The number of carbonyl (C=O) groups excluding carboxylic acids is 2. The Balaban J connectivity index is 1.45. The monoisotopic (exact) mass is 386 g/mol. The van der Waals surface area contributed by atoms with Crippen LogP contribution in [0.1, 0.15) is 63.5 Å². The molecule has 1 unspecified atom stereocenters. The lowest BCUT2D eigenvalue weighted by Gasteiger charge is -2.48. The number of aliphatic hydroxyl groups is 1. The molecule has 0 bridgehead atoms. The van der Waals surface area contributed by atoms with Gasteiger partial charge in [0.05, 0.1) is 11.8 Å². The average Bonchev–Trinajstić information content (AvgIpc) is 3.14. The number of aromatic nitrogens is 2. The van der Waals surface area contributed by atoms with Gasteiger partial charge in [-0.1, -0.05) is 0 Å². The third-order valence-corrected chi connectivity index (χ3v) is 6.76. The fraction of sp³-hybridized carbons (Fsp3) is 0.714. The predicted octanol–water partition coefficient (Wildman–Crippen LogP) is 1.70. The maximum Gasteiger partial charge on any atom is 0.248 e. The van der Waals surface area contributed by atoms with Crippen molar-refractivity contribution < 1.29 is 14.7 Å². The first-order valence-electron chi connectivity index (χ1n) is 10.6. The van der Waals surface area contributed by atoms with Gasteiger partial charge in [-0.15, -0.1) is 0 Å². The topological polar surface area (TPSA) is 86.6 Å². The van der Waals surface area contributed by atoms with E-state index in [2.05, 4.69) is 9.97 Å². The Morgan fingerprint density at radius 3 is 2.61 bits per heavy atom. The van der Waals surface area contributed by atoms with Gasteiger partial charge in [0, 0.05) is 44.1 Å². The molecule has 1 aliphatic carbocycles. The first kappa shape index (κ1) is 19.3. The summed E-state index contributed by atoms with van der Waals surface area (Å²) in [6.07, 6.45) is 12.3. The number of rotatable bonds is 4. The molecule has 1 atom stereocenters. The molecule has 2 amide bonds. The summed E-state index contributed by atoms with van der Waals surface area (Å²) in [5.41, 5.74) is 0.162. The highest BCUT2D eigenvalue weighted by molar-refractivity contribution is 5.93. The van der Waals surface area contributed by atoms with Crippen LogP contribution in [0.25, 0.3) is 0 Å². The van der Waals surface area contributed by atoms with Gasteiger partial charge in [-0.05, 0) is 57.8 Å². The van der Waals surface area contributed by atoms with Gasteiger partial charge in [0.25, 0.3) is 0 Å². The van der Waals surface area contributed by atoms with Crippen molar-refractivity contribution in [1.29, 1.82) is 0 Å². The molecule has 3 fully saturated rings. The zero-order valence-electron chi connectivity index (χ0n) is 16.4. The van der Waals surface area contributed by atoms with Crippen LogP contribution in [0.15, 0.2) is 18.6 Å². The molecule has 3 heterocycles. The maximum absolute atomic E-state index is 13.6. The second-order valence-corrected chi connectivity index (χ2v) is 8.44. The molecule has 1 aromatic heterocycles. The summed E-state index contributed by atoms with van der Waals surface area (Å²) in [5, 5.41) is 9.80. The quantitative estimate of drug-likeness (QED) is 0.851. The zero-order valence-corrected chi connectivity index (χ0v) is 16.4. The minimum absolute atomic E-state index is 0.0532. The van der Waals surface area contributed by atoms with Gasteiger partial charge in [-0.25, -0.2) is 0 Å². The fourth-order valence-electron chi connectivity index (χ4n) is 5.29. The molecular formula is C21H30N4O3. The van der Waals surface area contributed by atoms with Crippen molar-refractivity contribution in [2.45, 2.75) is 81.9 Å². The van der Waals surface area contributed by atoms with Crippen LogP contribution in [-0.2, 0) is 16.0 Å². The summed E-state index contributed by atoms with van der Waals surface area (Å²) in [7, 11) is 0. The van der Waals surface area contributed by atoms with Gasteiger partial charge in [-0.3, -0.25) is 19.6 Å². The van der Waals surface area contributed by atoms with Crippen molar-refractivity contribution in [3.8, 4) is 0 Å². The van der Waals surface area contributed by atoms with Gasteiger partial charge in [0.15, 0.2) is 0 Å². The van der Waals surface area contributed by atoms with Gasteiger partial charge in [-0.2, -0.15) is 0 Å². The SMILES string of the molecule is O=C(CCc1cnccn1)N1CCCC12CCCN(C1CCC(O)CC1)C2=O. The van der Waals surface area contributed by atoms with E-state index in [9.17, 15) is 14.7 Å². The van der Waals surface area contributed by atoms with E-state index in [0.29, 0.717) is 19.4 Å². The standard InChI is InChI=1S/C21H30N4O3/c26-18-6-4-17(5-7-18)24-13-1-9-21(20(24)28)10-2-14-25(21)19(27)8-3-16-15-22-11-12-23-16/h11-12,15,17-18,26H,1-10,13-14H2. The third-order valence-electron chi connectivity index (χ3n) is 6.76. The van der Waals surface area contributed by atoms with Crippen molar-refractivity contribution in [2.75, 3.05) is 13.1 Å². The molecule has 7 nitrogen and oxygen atoms in total. The molecule has 1 N–H and O–H groups in total. The largest absolute Gasteiger partial charge is 0.393 e. The number of hydrogen-bond donors (Lipinski definition) is 1. The molecule has 28 heavy (non-hydrogen) atoms. The molecular weight excluding hydrogens is 356 g/mol. The highest BCUT2D eigenvalue weighted by Gasteiger charge is 2.53. The van der Waals surface area contributed by atoms with Crippen LogP contribution in [0.2, 0.25) is 0 Å². The van der Waals surface area contributed by atoms with Gasteiger partial charge >= 0.3 is 0 Å². The van der Waals surface area contributed by atoms with E-state index in [-0.39, 0.29) is 24.0 Å². The van der Waals surface area contributed by atoms with E-state index >= 15 is 0 Å². The Morgan fingerprint density at radius 2 is 1.89 bits per heavy atom. The normalized spacial score (nSPS) is 30.8.